The molecule has 3 heterocycles. The van der Waals surface area contributed by atoms with E-state index < -0.39 is 170 Å². The molecule has 3 aromatic heterocycles. The van der Waals surface area contributed by atoms with Crippen molar-refractivity contribution in [2.45, 2.75) is 18.5 Å². The number of hydrogen-bond donors (Lipinski definition) is 0. The molecule has 3 aliphatic carbocycles. The van der Waals surface area contributed by atoms with Crippen molar-refractivity contribution >= 4 is 51.7 Å². The average Bonchev–Trinajstić information content (AvgIpc) is 4.06. The Balaban J connectivity index is 1.76. The second-order valence-corrected chi connectivity index (χ2v) is 12.1. The zero-order valence-corrected chi connectivity index (χ0v) is 28.9. The Hall–Kier alpha value is -8.82. The van der Waals surface area contributed by atoms with Crippen LogP contribution in [0.15, 0.2) is 30.0 Å². The molecular formula is C36F15N9O3. The molecule has 0 atom stereocenters. The van der Waals surface area contributed by atoms with Gasteiger partial charge in [-0.15, -0.1) is 0 Å². The smallest absolute Gasteiger partial charge is 0.424 e. The zero-order chi connectivity index (χ0) is 46.6. The number of halogens is 15. The van der Waals surface area contributed by atoms with Gasteiger partial charge in [0.05, 0.1) is 16.7 Å². The Kier molecular flexibility index (Phi) is 9.31. The van der Waals surface area contributed by atoms with Crippen molar-refractivity contribution < 1.29 is 79.1 Å². The third kappa shape index (κ3) is 5.94. The van der Waals surface area contributed by atoms with Crippen LogP contribution in [-0.4, -0.2) is 15.0 Å². The number of allylic oxidation sites excluding steroid dienone is 6. The van der Waals surface area contributed by atoms with Crippen molar-refractivity contribution in [3.8, 4) is 36.4 Å². The van der Waals surface area contributed by atoms with Crippen LogP contribution < -0.4 is 31.3 Å². The number of benzene rings is 1. The first-order chi connectivity index (χ1) is 29.4. The minimum Gasteiger partial charge on any atom is -0.424 e. The van der Waals surface area contributed by atoms with Gasteiger partial charge in [0.25, 0.3) is 0 Å². The molecule has 0 N–H and O–H groups in total. The van der Waals surface area contributed by atoms with Crippen molar-refractivity contribution in [2.75, 3.05) is 0 Å². The standard InChI is InChI=1S/C36F15N9O3/c37-22-13(7(1-52)31-58-28(34(43,44)45)10(4-55)61-31)23(38)17-16(22)18-20(26(41)14(24(18)39)8(2-53)32-59-29(35(46,47)48)11(5-56)62-32)21-19(17)25(40)15(27(21)42)9(3-54)33-60-30(36(49,50)51)12(6-57)63-33. The van der Waals surface area contributed by atoms with E-state index >= 15 is 26.3 Å². The molecule has 12 nitrogen and oxygen atoms in total. The van der Waals surface area contributed by atoms with Gasteiger partial charge in [-0.2, -0.15) is 71.1 Å². The van der Waals surface area contributed by atoms with Crippen LogP contribution in [0, 0.1) is 68.0 Å². The summed E-state index contributed by atoms with van der Waals surface area (Å²) in [5.41, 5.74) is -17.6. The number of rotatable bonds is 3. The van der Waals surface area contributed by atoms with Gasteiger partial charge in [0.15, 0.2) is 0 Å². The number of alkyl halides is 9. The molecule has 312 valence electrons. The number of nitrogens with zero attached hydrogens (tertiary/aromatic N) is 9. The molecule has 0 amide bonds. The van der Waals surface area contributed by atoms with Gasteiger partial charge in [-0.1, -0.05) is 0 Å². The van der Waals surface area contributed by atoms with Gasteiger partial charge in [0.2, 0.25) is 52.0 Å². The Labute approximate surface area is 332 Å². The van der Waals surface area contributed by atoms with Crippen LogP contribution in [0.5, 0.6) is 0 Å². The van der Waals surface area contributed by atoms with Gasteiger partial charge in [-0.05, 0) is 0 Å². The number of fused-ring (bicyclic) bond motifs is 6. The number of nitriles is 6. The van der Waals surface area contributed by atoms with Gasteiger partial charge < -0.3 is 13.3 Å². The maximum absolute atomic E-state index is 16.8. The van der Waals surface area contributed by atoms with Gasteiger partial charge in [0.1, 0.15) is 88.1 Å². The van der Waals surface area contributed by atoms with E-state index in [0.29, 0.717) is 0 Å². The summed E-state index contributed by atoms with van der Waals surface area (Å²) in [6, 6.07) is 5.68. The third-order valence-corrected chi connectivity index (χ3v) is 8.85. The molecule has 1 aromatic carbocycles. The van der Waals surface area contributed by atoms with Gasteiger partial charge >= 0.3 is 18.5 Å². The largest absolute Gasteiger partial charge is 0.437 e. The van der Waals surface area contributed by atoms with E-state index in [1.54, 1.807) is 0 Å². The van der Waals surface area contributed by atoms with E-state index in [-0.39, 0.29) is 0 Å². The van der Waals surface area contributed by atoms with Crippen LogP contribution in [0.4, 0.5) is 65.9 Å². The Morgan fingerprint density at radius 1 is 0.365 bits per heavy atom. The summed E-state index contributed by atoms with van der Waals surface area (Å²) >= 11 is 0. The lowest BCUT2D eigenvalue weighted by molar-refractivity contribution is -0.142. The van der Waals surface area contributed by atoms with E-state index in [1.807, 2.05) is 0 Å². The first kappa shape index (κ1) is 42.3. The normalized spacial score (nSPS) is 14.5. The summed E-state index contributed by atoms with van der Waals surface area (Å²) in [4.78, 5) is 8.57. The minimum absolute atomic E-state index is 0.898. The lowest BCUT2D eigenvalue weighted by Gasteiger charge is -2.01. The predicted molar refractivity (Wildman–Crippen MR) is 168 cm³/mol. The van der Waals surface area contributed by atoms with Crippen molar-refractivity contribution in [2.24, 2.45) is 0 Å². The second kappa shape index (κ2) is 13.9. The van der Waals surface area contributed by atoms with Crippen molar-refractivity contribution in [1.82, 2.24) is 15.0 Å². The van der Waals surface area contributed by atoms with Crippen molar-refractivity contribution in [3.05, 3.63) is 100 Å². The quantitative estimate of drug-likeness (QED) is 0.201. The first-order valence-electron chi connectivity index (χ1n) is 15.7. The van der Waals surface area contributed by atoms with Crippen molar-refractivity contribution in [1.29, 1.82) is 31.6 Å². The maximum atomic E-state index is 16.8. The fourth-order valence-electron chi connectivity index (χ4n) is 6.48. The topological polar surface area (TPSA) is 221 Å². The Morgan fingerprint density at radius 2 is 0.556 bits per heavy atom. The molecule has 0 fully saturated rings. The summed E-state index contributed by atoms with van der Waals surface area (Å²) in [6.45, 7) is 0. The summed E-state index contributed by atoms with van der Waals surface area (Å²) in [7, 11) is 0. The lowest BCUT2D eigenvalue weighted by Crippen LogP contribution is -2.64. The van der Waals surface area contributed by atoms with Crippen LogP contribution in [-0.2, 0) is 18.5 Å². The van der Waals surface area contributed by atoms with Crippen LogP contribution in [0.2, 0.25) is 0 Å². The van der Waals surface area contributed by atoms with Gasteiger partial charge in [0, 0.05) is 31.3 Å². The van der Waals surface area contributed by atoms with E-state index in [4.69, 9.17) is 15.8 Å². The summed E-state index contributed by atoms with van der Waals surface area (Å²) < 4.78 is 237. The Bertz CT molecular complexity index is 3150. The molecule has 63 heavy (non-hydrogen) atoms. The molecule has 0 bridgehead atoms. The number of oxazole rings is 3. The summed E-state index contributed by atoms with van der Waals surface area (Å²) in [6.07, 6.45) is -16.6. The molecule has 0 saturated heterocycles. The maximum Gasteiger partial charge on any atom is 0.437 e. The monoisotopic (exact) mass is 891 g/mol. The molecule has 0 aliphatic heterocycles. The van der Waals surface area contributed by atoms with Crippen LogP contribution in [0.25, 0.3) is 51.7 Å². The van der Waals surface area contributed by atoms with E-state index in [0.717, 1.165) is 36.4 Å². The Morgan fingerprint density at radius 3 is 0.683 bits per heavy atom. The summed E-state index contributed by atoms with van der Waals surface area (Å²) in [5, 5.41) is 46.4. The molecule has 0 radical (unpaired) electrons. The third-order valence-electron chi connectivity index (χ3n) is 8.85. The fourth-order valence-corrected chi connectivity index (χ4v) is 6.48. The molecule has 0 unspecified atom stereocenters. The van der Waals surface area contributed by atoms with Gasteiger partial charge in [-0.3, -0.25) is 0 Å². The highest BCUT2D eigenvalue weighted by atomic mass is 19.4. The molecule has 3 aliphatic rings. The SMILES string of the molecule is N#CC(=C1C(F)=c2c3c(c4c(c2=C1F)=C(F)C(=C(C#N)c1nc(C(F)(F)F)c(C#N)o1)C=4F)=C(F)C(=C(C#N)c1nc(C(F)(F)F)c(C#N)o1)C=3F)c1nc(C(F)(F)F)c(C#N)o1. The highest BCUT2D eigenvalue weighted by Gasteiger charge is 2.45. The van der Waals surface area contributed by atoms with Crippen molar-refractivity contribution in [3.63, 3.8) is 0 Å². The van der Waals surface area contributed by atoms with E-state index in [9.17, 15) is 55.3 Å². The summed E-state index contributed by atoms with van der Waals surface area (Å²) in [5.74, 6) is -24.4. The molecule has 0 saturated carbocycles. The molecule has 27 heteroatoms. The molecule has 4 aromatic rings. The van der Waals surface area contributed by atoms with Crippen LogP contribution in [0.1, 0.15) is 52.0 Å². The molecule has 7 rings (SSSR count). The number of aromatic nitrogens is 3. The first-order valence-corrected chi connectivity index (χ1v) is 15.7. The molecular weight excluding hydrogens is 891 g/mol. The van der Waals surface area contributed by atoms with E-state index in [2.05, 4.69) is 28.2 Å². The highest BCUT2D eigenvalue weighted by molar-refractivity contribution is 6.03. The number of hydrogen-bond acceptors (Lipinski definition) is 12. The van der Waals surface area contributed by atoms with Gasteiger partial charge in [-0.25, -0.2) is 41.3 Å². The van der Waals surface area contributed by atoms with Crippen LogP contribution in [0.3, 0.4) is 0 Å². The van der Waals surface area contributed by atoms with Crippen LogP contribution >= 0.6 is 0 Å². The predicted octanol–water partition coefficient (Wildman–Crippen LogP) is 4.76. The molecule has 0 spiro atoms. The minimum atomic E-state index is -5.54. The average molecular weight is 891 g/mol. The fraction of sp³-hybridized carbons (Fsp3) is 0.0833. The van der Waals surface area contributed by atoms with E-state index in [1.165, 1.54) is 0 Å². The second-order valence-electron chi connectivity index (χ2n) is 12.1. The lowest BCUT2D eigenvalue weighted by atomic mass is 10.1. The zero-order valence-electron chi connectivity index (χ0n) is 28.9. The highest BCUT2D eigenvalue weighted by Crippen LogP contribution is 2.41.